The molecule has 0 bridgehead atoms. The van der Waals surface area contributed by atoms with E-state index in [1.54, 1.807) is 7.05 Å². The summed E-state index contributed by atoms with van der Waals surface area (Å²) in [5, 5.41) is 4.06. The Hall–Kier alpha value is -1.73. The number of rotatable bonds is 2. The Morgan fingerprint density at radius 3 is 2.68 bits per heavy atom. The highest BCUT2D eigenvalue weighted by Crippen LogP contribution is 2.23. The minimum Gasteiger partial charge on any atom is -0.379 e. The van der Waals surface area contributed by atoms with E-state index in [2.05, 4.69) is 16.9 Å². The third kappa shape index (κ3) is 2.91. The number of nitrogens with zero attached hydrogens (tertiary/aromatic N) is 4. The first-order valence-corrected chi connectivity index (χ1v) is 7.71. The number of likely N-dealkylation sites (tertiary alicyclic amines) is 1. The number of aromatic nitrogens is 2. The highest BCUT2D eigenvalue weighted by atomic mass is 16.5. The molecule has 1 aromatic heterocycles. The van der Waals surface area contributed by atoms with Crippen molar-refractivity contribution >= 4 is 5.91 Å². The van der Waals surface area contributed by atoms with Gasteiger partial charge < -0.3 is 9.64 Å². The number of hydrogen-bond acceptors (Lipinski definition) is 5. The molecular weight excluding hydrogens is 284 g/mol. The molecule has 2 aliphatic rings. The molecule has 1 amide bonds. The number of carbonyl (C=O) groups is 1. The van der Waals surface area contributed by atoms with E-state index in [1.807, 2.05) is 4.90 Å². The highest BCUT2D eigenvalue weighted by Gasteiger charge is 2.37. The number of morpholine rings is 1. The number of aryl methyl sites for hydroxylation is 1. The molecule has 0 radical (unpaired) electrons. The zero-order chi connectivity index (χ0) is 15.7. The maximum absolute atomic E-state index is 12.6. The van der Waals surface area contributed by atoms with Crippen LogP contribution in [0.5, 0.6) is 0 Å². The lowest BCUT2D eigenvalue weighted by atomic mass is 10.0. The third-order valence-electron chi connectivity index (χ3n) is 4.55. The van der Waals surface area contributed by atoms with Gasteiger partial charge >= 0.3 is 0 Å². The Kier molecular flexibility index (Phi) is 4.26. The fourth-order valence-corrected chi connectivity index (χ4v) is 3.28. The lowest BCUT2D eigenvalue weighted by Crippen LogP contribution is -2.47. The quantitative estimate of drug-likeness (QED) is 0.742. The molecule has 3 heterocycles. The van der Waals surface area contributed by atoms with E-state index in [9.17, 15) is 9.59 Å². The fourth-order valence-electron chi connectivity index (χ4n) is 3.28. The van der Waals surface area contributed by atoms with E-state index in [4.69, 9.17) is 4.74 Å². The Bertz CT molecular complexity index is 609. The van der Waals surface area contributed by atoms with E-state index in [-0.39, 0.29) is 11.5 Å². The second-order valence-corrected chi connectivity index (χ2v) is 6.08. The van der Waals surface area contributed by atoms with Crippen LogP contribution in [0.1, 0.15) is 17.4 Å². The van der Waals surface area contributed by atoms with Crippen LogP contribution in [-0.2, 0) is 11.8 Å². The van der Waals surface area contributed by atoms with Gasteiger partial charge in [0.05, 0.1) is 13.2 Å². The van der Waals surface area contributed by atoms with E-state index in [1.165, 1.54) is 16.8 Å². The topological polar surface area (TPSA) is 67.7 Å². The zero-order valence-electron chi connectivity index (χ0n) is 13.1. The maximum Gasteiger partial charge on any atom is 0.274 e. The molecule has 7 nitrogen and oxygen atoms in total. The van der Waals surface area contributed by atoms with Crippen molar-refractivity contribution < 1.29 is 9.53 Å². The monoisotopic (exact) mass is 306 g/mol. The van der Waals surface area contributed by atoms with Gasteiger partial charge in [-0.15, -0.1) is 0 Å². The number of ether oxygens (including phenoxy) is 1. The molecule has 2 saturated heterocycles. The number of carbonyl (C=O) groups excluding carboxylic acids is 1. The standard InChI is InChI=1S/C15H22N4O3/c1-11-9-19(10-13(11)18-5-7-22-8-6-18)15(21)12-3-4-14(20)17(2)16-12/h3-4,11,13H,5-10H2,1-2H3/t11-,13+/m1/s1. The van der Waals surface area contributed by atoms with Crippen LogP contribution in [0, 0.1) is 5.92 Å². The van der Waals surface area contributed by atoms with Gasteiger partial charge in [0, 0.05) is 45.3 Å². The molecule has 22 heavy (non-hydrogen) atoms. The van der Waals surface area contributed by atoms with Crippen molar-refractivity contribution in [1.29, 1.82) is 0 Å². The van der Waals surface area contributed by atoms with Crippen molar-refractivity contribution in [2.75, 3.05) is 39.4 Å². The molecule has 120 valence electrons. The van der Waals surface area contributed by atoms with Crippen LogP contribution < -0.4 is 5.56 Å². The summed E-state index contributed by atoms with van der Waals surface area (Å²) in [7, 11) is 1.56. The smallest absolute Gasteiger partial charge is 0.274 e. The van der Waals surface area contributed by atoms with Gasteiger partial charge in [-0.25, -0.2) is 4.68 Å². The van der Waals surface area contributed by atoms with Crippen molar-refractivity contribution in [3.63, 3.8) is 0 Å². The summed E-state index contributed by atoms with van der Waals surface area (Å²) in [6.07, 6.45) is 0. The van der Waals surface area contributed by atoms with E-state index in [0.29, 0.717) is 24.2 Å². The highest BCUT2D eigenvalue weighted by molar-refractivity contribution is 5.92. The van der Waals surface area contributed by atoms with Gasteiger partial charge in [0.25, 0.3) is 11.5 Å². The fraction of sp³-hybridized carbons (Fsp3) is 0.667. The maximum atomic E-state index is 12.6. The molecule has 0 aliphatic carbocycles. The SMILES string of the molecule is C[C@@H]1CN(C(=O)c2ccc(=O)n(C)n2)C[C@@H]1N1CCOCC1. The van der Waals surface area contributed by atoms with Crippen LogP contribution in [0.4, 0.5) is 0 Å². The average Bonchev–Trinajstić information content (AvgIpc) is 2.92. The van der Waals surface area contributed by atoms with Crippen LogP contribution in [0.15, 0.2) is 16.9 Å². The van der Waals surface area contributed by atoms with E-state index < -0.39 is 0 Å². The van der Waals surface area contributed by atoms with Gasteiger partial charge in [-0.3, -0.25) is 14.5 Å². The molecule has 1 aromatic rings. The van der Waals surface area contributed by atoms with Gasteiger partial charge in [0.2, 0.25) is 0 Å². The molecule has 3 rings (SSSR count). The van der Waals surface area contributed by atoms with Crippen molar-refractivity contribution in [2.24, 2.45) is 13.0 Å². The normalized spacial score (nSPS) is 26.4. The van der Waals surface area contributed by atoms with Crippen LogP contribution in [0.3, 0.4) is 0 Å². The Morgan fingerprint density at radius 2 is 2.00 bits per heavy atom. The van der Waals surface area contributed by atoms with Gasteiger partial charge in [-0.05, 0) is 12.0 Å². The second kappa shape index (κ2) is 6.18. The van der Waals surface area contributed by atoms with Gasteiger partial charge in [-0.1, -0.05) is 6.92 Å². The van der Waals surface area contributed by atoms with Crippen molar-refractivity contribution in [3.8, 4) is 0 Å². The molecule has 2 fully saturated rings. The first-order chi connectivity index (χ1) is 10.6. The zero-order valence-corrected chi connectivity index (χ0v) is 13.1. The van der Waals surface area contributed by atoms with Crippen LogP contribution in [-0.4, -0.2) is 70.9 Å². The van der Waals surface area contributed by atoms with Gasteiger partial charge in [0.1, 0.15) is 5.69 Å². The second-order valence-electron chi connectivity index (χ2n) is 6.08. The van der Waals surface area contributed by atoms with Gasteiger partial charge in [0.15, 0.2) is 0 Å². The average molecular weight is 306 g/mol. The molecule has 2 atom stereocenters. The first-order valence-electron chi connectivity index (χ1n) is 7.71. The summed E-state index contributed by atoms with van der Waals surface area (Å²) < 4.78 is 6.60. The van der Waals surface area contributed by atoms with Crippen LogP contribution in [0.2, 0.25) is 0 Å². The van der Waals surface area contributed by atoms with Crippen LogP contribution in [0.25, 0.3) is 0 Å². The van der Waals surface area contributed by atoms with E-state index >= 15 is 0 Å². The van der Waals surface area contributed by atoms with Gasteiger partial charge in [-0.2, -0.15) is 5.10 Å². The molecule has 0 N–H and O–H groups in total. The predicted molar refractivity (Wildman–Crippen MR) is 80.7 cm³/mol. The van der Waals surface area contributed by atoms with Crippen molar-refractivity contribution in [2.45, 2.75) is 13.0 Å². The minimum atomic E-state index is -0.211. The Balaban J connectivity index is 1.71. The molecule has 0 unspecified atom stereocenters. The van der Waals surface area contributed by atoms with Crippen molar-refractivity contribution in [3.05, 3.63) is 28.2 Å². The summed E-state index contributed by atoms with van der Waals surface area (Å²) in [6, 6.07) is 3.27. The summed E-state index contributed by atoms with van der Waals surface area (Å²) >= 11 is 0. The number of hydrogen-bond donors (Lipinski definition) is 0. The molecule has 0 spiro atoms. The summed E-state index contributed by atoms with van der Waals surface area (Å²) in [5.41, 5.74) is 0.120. The largest absolute Gasteiger partial charge is 0.379 e. The molecule has 7 heteroatoms. The summed E-state index contributed by atoms with van der Waals surface area (Å²) in [4.78, 5) is 28.2. The lowest BCUT2D eigenvalue weighted by Gasteiger charge is -2.33. The molecule has 0 saturated carbocycles. The lowest BCUT2D eigenvalue weighted by molar-refractivity contribution is 0.0119. The Labute approximate surface area is 129 Å². The minimum absolute atomic E-state index is 0.0989. The number of amides is 1. The molecular formula is C15H22N4O3. The first kappa shape index (κ1) is 15.2. The molecule has 2 aliphatic heterocycles. The summed E-state index contributed by atoms with van der Waals surface area (Å²) in [6.45, 7) is 7.00. The van der Waals surface area contributed by atoms with Crippen LogP contribution >= 0.6 is 0 Å². The Morgan fingerprint density at radius 1 is 1.27 bits per heavy atom. The van der Waals surface area contributed by atoms with Crippen molar-refractivity contribution in [1.82, 2.24) is 19.6 Å². The third-order valence-corrected chi connectivity index (χ3v) is 4.55. The molecule has 0 aromatic carbocycles. The van der Waals surface area contributed by atoms with E-state index in [0.717, 1.165) is 32.8 Å². The predicted octanol–water partition coefficient (Wildman–Crippen LogP) is -0.427. The summed E-state index contributed by atoms with van der Waals surface area (Å²) in [5.74, 6) is 0.327.